The summed E-state index contributed by atoms with van der Waals surface area (Å²) in [5, 5.41) is 17.7. The Morgan fingerprint density at radius 1 is 1.29 bits per heavy atom. The smallest absolute Gasteiger partial charge is 0.276 e. The van der Waals surface area contributed by atoms with E-state index < -0.39 is 0 Å². The lowest BCUT2D eigenvalue weighted by atomic mass is 10.1. The lowest BCUT2D eigenvalue weighted by Crippen LogP contribution is -2.35. The maximum atomic E-state index is 12.9. The summed E-state index contributed by atoms with van der Waals surface area (Å²) >= 11 is 0. The van der Waals surface area contributed by atoms with E-state index >= 15 is 0 Å². The zero-order chi connectivity index (χ0) is 17.1. The van der Waals surface area contributed by atoms with Crippen molar-refractivity contribution in [2.24, 2.45) is 0 Å². The molecule has 128 valence electrons. The Labute approximate surface area is 142 Å². The van der Waals surface area contributed by atoms with Crippen LogP contribution < -0.4 is 0 Å². The molecule has 0 atom stereocenters. The Morgan fingerprint density at radius 2 is 2.00 bits per heavy atom. The fourth-order valence-corrected chi connectivity index (χ4v) is 2.90. The van der Waals surface area contributed by atoms with Crippen molar-refractivity contribution in [2.75, 3.05) is 19.7 Å². The lowest BCUT2D eigenvalue weighted by Gasteiger charge is -2.20. The van der Waals surface area contributed by atoms with Crippen LogP contribution in [0, 0.1) is 6.92 Å². The van der Waals surface area contributed by atoms with Gasteiger partial charge in [0.15, 0.2) is 5.69 Å². The van der Waals surface area contributed by atoms with Crippen LogP contribution in [0.5, 0.6) is 0 Å². The van der Waals surface area contributed by atoms with E-state index in [4.69, 9.17) is 0 Å². The Hall–Kier alpha value is -2.21. The Morgan fingerprint density at radius 3 is 2.58 bits per heavy atom. The molecule has 1 aliphatic rings. The van der Waals surface area contributed by atoms with E-state index in [9.17, 15) is 9.90 Å². The monoisotopic (exact) mass is 328 g/mol. The van der Waals surface area contributed by atoms with E-state index in [1.807, 2.05) is 38.1 Å². The lowest BCUT2D eigenvalue weighted by molar-refractivity contribution is 0.0714. The van der Waals surface area contributed by atoms with E-state index in [-0.39, 0.29) is 12.5 Å². The number of carbonyl (C=O) groups excluding carboxylic acids is 1. The van der Waals surface area contributed by atoms with Crippen LogP contribution in [0.15, 0.2) is 24.3 Å². The highest BCUT2D eigenvalue weighted by Crippen LogP contribution is 2.42. The molecule has 2 aromatic rings. The summed E-state index contributed by atoms with van der Waals surface area (Å²) in [4.78, 5) is 14.5. The fraction of sp³-hybridized carbons (Fsp3) is 0.500. The van der Waals surface area contributed by atoms with Crippen molar-refractivity contribution in [1.82, 2.24) is 19.9 Å². The molecule has 0 unspecified atom stereocenters. The number of aliphatic hydroxyl groups is 1. The van der Waals surface area contributed by atoms with Gasteiger partial charge in [0.1, 0.15) is 0 Å². The molecule has 1 fully saturated rings. The van der Waals surface area contributed by atoms with Crippen LogP contribution in [0.2, 0.25) is 0 Å². The molecule has 0 spiro atoms. The second-order valence-electron chi connectivity index (χ2n) is 6.36. The van der Waals surface area contributed by atoms with Crippen molar-refractivity contribution < 1.29 is 9.90 Å². The van der Waals surface area contributed by atoms with E-state index in [2.05, 4.69) is 10.3 Å². The number of amides is 1. The van der Waals surface area contributed by atoms with Crippen LogP contribution in [0.1, 0.15) is 53.8 Å². The van der Waals surface area contributed by atoms with Crippen LogP contribution >= 0.6 is 0 Å². The van der Waals surface area contributed by atoms with Gasteiger partial charge in [0.25, 0.3) is 5.91 Å². The van der Waals surface area contributed by atoms with Gasteiger partial charge in [-0.05, 0) is 38.3 Å². The van der Waals surface area contributed by atoms with Crippen LogP contribution in [-0.4, -0.2) is 50.6 Å². The first-order valence-electron chi connectivity index (χ1n) is 8.58. The summed E-state index contributed by atoms with van der Waals surface area (Å²) in [7, 11) is 0. The number of aliphatic hydroxyl groups excluding tert-OH is 1. The van der Waals surface area contributed by atoms with Gasteiger partial charge in [-0.15, -0.1) is 5.10 Å². The molecule has 1 heterocycles. The van der Waals surface area contributed by atoms with Crippen molar-refractivity contribution in [3.63, 3.8) is 0 Å². The Balaban J connectivity index is 1.97. The summed E-state index contributed by atoms with van der Waals surface area (Å²) in [5.74, 6) is 0.212. The fourth-order valence-electron chi connectivity index (χ4n) is 2.90. The minimum atomic E-state index is -0.133. The molecule has 6 nitrogen and oxygen atoms in total. The summed E-state index contributed by atoms with van der Waals surface area (Å²) < 4.78 is 1.80. The minimum Gasteiger partial charge on any atom is -0.395 e. The van der Waals surface area contributed by atoms with Crippen molar-refractivity contribution in [2.45, 2.75) is 39.0 Å². The number of carbonyl (C=O) groups is 1. The molecule has 0 bridgehead atoms. The van der Waals surface area contributed by atoms with Gasteiger partial charge in [-0.2, -0.15) is 0 Å². The largest absolute Gasteiger partial charge is 0.395 e. The third-order valence-electron chi connectivity index (χ3n) is 4.30. The van der Waals surface area contributed by atoms with E-state index in [0.717, 1.165) is 30.6 Å². The topological polar surface area (TPSA) is 71.2 Å². The number of aryl methyl sites for hydroxylation is 1. The quantitative estimate of drug-likeness (QED) is 0.846. The first-order valence-corrected chi connectivity index (χ1v) is 8.58. The number of hydrogen-bond acceptors (Lipinski definition) is 4. The molecule has 3 rings (SSSR count). The third-order valence-corrected chi connectivity index (χ3v) is 4.30. The molecule has 0 saturated heterocycles. The van der Waals surface area contributed by atoms with Gasteiger partial charge in [0.2, 0.25) is 0 Å². The molecule has 1 aliphatic carbocycles. The Bertz CT molecular complexity index is 698. The summed E-state index contributed by atoms with van der Waals surface area (Å²) in [6, 6.07) is 8.07. The molecule has 1 saturated carbocycles. The number of nitrogens with zero attached hydrogens (tertiary/aromatic N) is 4. The highest BCUT2D eigenvalue weighted by Gasteiger charge is 2.35. The van der Waals surface area contributed by atoms with Gasteiger partial charge >= 0.3 is 0 Å². The summed E-state index contributed by atoms with van der Waals surface area (Å²) in [6.07, 6.45) is 2.97. The van der Waals surface area contributed by atoms with Crippen molar-refractivity contribution in [1.29, 1.82) is 0 Å². The number of rotatable bonds is 7. The van der Waals surface area contributed by atoms with Gasteiger partial charge in [-0.3, -0.25) is 4.79 Å². The summed E-state index contributed by atoms with van der Waals surface area (Å²) in [5.41, 5.74) is 3.45. The van der Waals surface area contributed by atoms with Gasteiger partial charge < -0.3 is 10.0 Å². The molecule has 6 heteroatoms. The first-order chi connectivity index (χ1) is 11.7. The van der Waals surface area contributed by atoms with Crippen LogP contribution in [-0.2, 0) is 0 Å². The Kier molecular flexibility index (Phi) is 4.94. The second-order valence-corrected chi connectivity index (χ2v) is 6.36. The molecular weight excluding hydrogens is 304 g/mol. The highest BCUT2D eigenvalue weighted by atomic mass is 16.3. The third kappa shape index (κ3) is 3.33. The van der Waals surface area contributed by atoms with Crippen molar-refractivity contribution in [3.05, 3.63) is 41.2 Å². The highest BCUT2D eigenvalue weighted by molar-refractivity contribution is 5.93. The van der Waals surface area contributed by atoms with Gasteiger partial charge in [0.05, 0.1) is 18.0 Å². The number of aromatic nitrogens is 3. The van der Waals surface area contributed by atoms with Crippen LogP contribution in [0.3, 0.4) is 0 Å². The van der Waals surface area contributed by atoms with Gasteiger partial charge in [-0.25, -0.2) is 4.68 Å². The molecule has 1 aromatic heterocycles. The average molecular weight is 328 g/mol. The first kappa shape index (κ1) is 16.6. The number of benzene rings is 1. The standard InChI is InChI=1S/C18H24N4O2/c1-3-10-21(11-12-23)18(24)16-17(14-6-7-14)22(20-19-16)15-8-4-13(2)5-9-15/h4-5,8-9,14,23H,3,6-7,10-12H2,1-2H3. The normalized spacial score (nSPS) is 14.0. The second kappa shape index (κ2) is 7.13. The molecule has 24 heavy (non-hydrogen) atoms. The molecule has 1 N–H and O–H groups in total. The maximum absolute atomic E-state index is 12.9. The number of hydrogen-bond donors (Lipinski definition) is 1. The molecule has 0 radical (unpaired) electrons. The maximum Gasteiger partial charge on any atom is 0.276 e. The SMILES string of the molecule is CCCN(CCO)C(=O)c1nnn(-c2ccc(C)cc2)c1C1CC1. The molecule has 1 aromatic carbocycles. The van der Waals surface area contributed by atoms with Crippen LogP contribution in [0.25, 0.3) is 5.69 Å². The predicted octanol–water partition coefficient (Wildman–Crippen LogP) is 2.30. The van der Waals surface area contributed by atoms with Gasteiger partial charge in [-0.1, -0.05) is 29.8 Å². The van der Waals surface area contributed by atoms with E-state index in [1.54, 1.807) is 9.58 Å². The minimum absolute atomic E-state index is 0.0450. The molecule has 0 aliphatic heterocycles. The van der Waals surface area contributed by atoms with E-state index in [1.165, 1.54) is 5.56 Å². The van der Waals surface area contributed by atoms with E-state index in [0.29, 0.717) is 24.7 Å². The zero-order valence-electron chi connectivity index (χ0n) is 14.3. The molecular formula is C18H24N4O2. The zero-order valence-corrected chi connectivity index (χ0v) is 14.3. The van der Waals surface area contributed by atoms with Crippen molar-refractivity contribution in [3.8, 4) is 5.69 Å². The van der Waals surface area contributed by atoms with Crippen LogP contribution in [0.4, 0.5) is 0 Å². The average Bonchev–Trinajstić information content (AvgIpc) is 3.33. The van der Waals surface area contributed by atoms with Crippen molar-refractivity contribution >= 4 is 5.91 Å². The predicted molar refractivity (Wildman–Crippen MR) is 91.4 cm³/mol. The van der Waals surface area contributed by atoms with Gasteiger partial charge in [0, 0.05) is 19.0 Å². The molecule has 1 amide bonds. The summed E-state index contributed by atoms with van der Waals surface area (Å²) in [6.45, 7) is 4.95.